The van der Waals surface area contributed by atoms with Crippen molar-refractivity contribution in [1.82, 2.24) is 4.57 Å². The van der Waals surface area contributed by atoms with Gasteiger partial charge in [0.15, 0.2) is 0 Å². The number of rotatable bonds is 4. The van der Waals surface area contributed by atoms with Gasteiger partial charge in [-0.2, -0.15) is 5.26 Å². The van der Waals surface area contributed by atoms with Crippen LogP contribution in [0.2, 0.25) is 0 Å². The van der Waals surface area contributed by atoms with Gasteiger partial charge in [0.25, 0.3) is 0 Å². The summed E-state index contributed by atoms with van der Waals surface area (Å²) in [6.45, 7) is 5.35. The standard InChI is InChI=1S/C15H19N3/c1-15(2,11-17)7-8-18-10-12(9-16)13-5-3-4-6-14(13)18/h3-6,10H,7-9,16H2,1-2H3. The third-order valence-electron chi connectivity index (χ3n) is 3.37. The Morgan fingerprint density at radius 1 is 1.33 bits per heavy atom. The van der Waals surface area contributed by atoms with Crippen LogP contribution in [0, 0.1) is 16.7 Å². The van der Waals surface area contributed by atoms with E-state index < -0.39 is 0 Å². The molecule has 94 valence electrons. The van der Waals surface area contributed by atoms with Gasteiger partial charge in [-0.05, 0) is 31.9 Å². The predicted molar refractivity (Wildman–Crippen MR) is 73.8 cm³/mol. The molecule has 0 radical (unpaired) electrons. The second kappa shape index (κ2) is 4.83. The number of hydrogen-bond acceptors (Lipinski definition) is 2. The minimum atomic E-state index is -0.283. The molecular weight excluding hydrogens is 222 g/mol. The summed E-state index contributed by atoms with van der Waals surface area (Å²) >= 11 is 0. The quantitative estimate of drug-likeness (QED) is 0.894. The summed E-state index contributed by atoms with van der Waals surface area (Å²) < 4.78 is 2.20. The van der Waals surface area contributed by atoms with Crippen molar-refractivity contribution in [3.63, 3.8) is 0 Å². The van der Waals surface area contributed by atoms with Crippen LogP contribution in [0.4, 0.5) is 0 Å². The van der Waals surface area contributed by atoms with Crippen molar-refractivity contribution in [3.05, 3.63) is 36.0 Å². The zero-order valence-electron chi connectivity index (χ0n) is 11.0. The van der Waals surface area contributed by atoms with Crippen LogP contribution in [0.1, 0.15) is 25.8 Å². The minimum absolute atomic E-state index is 0.283. The number of aryl methyl sites for hydroxylation is 1. The molecule has 0 aliphatic heterocycles. The largest absolute Gasteiger partial charge is 0.347 e. The molecule has 1 heterocycles. The molecule has 0 saturated heterocycles. The van der Waals surface area contributed by atoms with E-state index in [2.05, 4.69) is 29.0 Å². The molecule has 2 aromatic rings. The molecular formula is C15H19N3. The Labute approximate surface area is 108 Å². The number of nitrogens with two attached hydrogens (primary N) is 1. The van der Waals surface area contributed by atoms with Gasteiger partial charge in [0.05, 0.1) is 11.5 Å². The average molecular weight is 241 g/mol. The molecule has 0 unspecified atom stereocenters. The number of nitriles is 1. The van der Waals surface area contributed by atoms with Gasteiger partial charge >= 0.3 is 0 Å². The molecule has 0 fully saturated rings. The van der Waals surface area contributed by atoms with E-state index in [1.807, 2.05) is 26.0 Å². The molecule has 1 aromatic heterocycles. The van der Waals surface area contributed by atoms with Gasteiger partial charge in [-0.1, -0.05) is 18.2 Å². The normalized spacial score (nSPS) is 11.7. The van der Waals surface area contributed by atoms with Gasteiger partial charge in [-0.15, -0.1) is 0 Å². The Kier molecular flexibility index (Phi) is 3.40. The van der Waals surface area contributed by atoms with Gasteiger partial charge in [0, 0.05) is 30.2 Å². The zero-order chi connectivity index (χ0) is 13.2. The third-order valence-corrected chi connectivity index (χ3v) is 3.37. The fourth-order valence-electron chi connectivity index (χ4n) is 2.13. The number of benzene rings is 1. The van der Waals surface area contributed by atoms with Crippen LogP contribution in [0.25, 0.3) is 10.9 Å². The number of hydrogen-bond donors (Lipinski definition) is 1. The first kappa shape index (κ1) is 12.7. The summed E-state index contributed by atoms with van der Waals surface area (Å²) in [7, 11) is 0. The van der Waals surface area contributed by atoms with Crippen molar-refractivity contribution in [2.75, 3.05) is 0 Å². The number of nitrogens with zero attached hydrogens (tertiary/aromatic N) is 2. The predicted octanol–water partition coefficient (Wildman–Crippen LogP) is 3.04. The van der Waals surface area contributed by atoms with Gasteiger partial charge in [-0.3, -0.25) is 0 Å². The summed E-state index contributed by atoms with van der Waals surface area (Å²) in [6, 6.07) is 10.6. The van der Waals surface area contributed by atoms with Gasteiger partial charge in [-0.25, -0.2) is 0 Å². The molecule has 0 aliphatic rings. The lowest BCUT2D eigenvalue weighted by atomic mass is 9.91. The van der Waals surface area contributed by atoms with Gasteiger partial charge < -0.3 is 10.3 Å². The Morgan fingerprint density at radius 2 is 2.06 bits per heavy atom. The van der Waals surface area contributed by atoms with Gasteiger partial charge in [0.2, 0.25) is 0 Å². The minimum Gasteiger partial charge on any atom is -0.347 e. The topological polar surface area (TPSA) is 54.7 Å². The van der Waals surface area contributed by atoms with E-state index in [1.54, 1.807) is 0 Å². The second-order valence-corrected chi connectivity index (χ2v) is 5.31. The highest BCUT2D eigenvalue weighted by Crippen LogP contribution is 2.24. The summed E-state index contributed by atoms with van der Waals surface area (Å²) in [6.07, 6.45) is 2.95. The van der Waals surface area contributed by atoms with Crippen molar-refractivity contribution in [2.24, 2.45) is 11.1 Å². The van der Waals surface area contributed by atoms with Crippen LogP contribution >= 0.6 is 0 Å². The van der Waals surface area contributed by atoms with E-state index in [4.69, 9.17) is 11.0 Å². The van der Waals surface area contributed by atoms with Crippen molar-refractivity contribution in [2.45, 2.75) is 33.4 Å². The highest BCUT2D eigenvalue weighted by atomic mass is 15.0. The number of aromatic nitrogens is 1. The first-order valence-electron chi connectivity index (χ1n) is 6.25. The molecule has 1 aromatic carbocycles. The molecule has 0 saturated carbocycles. The van der Waals surface area contributed by atoms with Crippen molar-refractivity contribution < 1.29 is 0 Å². The molecule has 2 N–H and O–H groups in total. The highest BCUT2D eigenvalue weighted by molar-refractivity contribution is 5.83. The SMILES string of the molecule is CC(C)(C#N)CCn1cc(CN)c2ccccc21. The molecule has 2 rings (SSSR count). The van der Waals surface area contributed by atoms with Gasteiger partial charge in [0.1, 0.15) is 0 Å². The highest BCUT2D eigenvalue weighted by Gasteiger charge is 2.17. The monoisotopic (exact) mass is 241 g/mol. The first-order valence-corrected chi connectivity index (χ1v) is 6.25. The maximum atomic E-state index is 9.06. The Bertz CT molecular complexity index is 587. The van der Waals surface area contributed by atoms with Crippen LogP contribution in [0.15, 0.2) is 30.5 Å². The smallest absolute Gasteiger partial charge is 0.0684 e. The molecule has 0 atom stereocenters. The van der Waals surface area contributed by atoms with Crippen molar-refractivity contribution in [3.8, 4) is 6.07 Å². The lowest BCUT2D eigenvalue weighted by Gasteiger charge is -2.15. The lowest BCUT2D eigenvalue weighted by molar-refractivity contribution is 0.417. The van der Waals surface area contributed by atoms with E-state index in [0.29, 0.717) is 6.54 Å². The zero-order valence-corrected chi connectivity index (χ0v) is 11.0. The maximum Gasteiger partial charge on any atom is 0.0684 e. The summed E-state index contributed by atoms with van der Waals surface area (Å²) in [4.78, 5) is 0. The molecule has 3 nitrogen and oxygen atoms in total. The van der Waals surface area contributed by atoms with Crippen molar-refractivity contribution >= 4 is 10.9 Å². The van der Waals surface area contributed by atoms with E-state index in [1.165, 1.54) is 16.5 Å². The van der Waals surface area contributed by atoms with Crippen LogP contribution in [-0.2, 0) is 13.1 Å². The molecule has 3 heteroatoms. The summed E-state index contributed by atoms with van der Waals surface area (Å²) in [5.41, 5.74) is 7.86. The summed E-state index contributed by atoms with van der Waals surface area (Å²) in [5.74, 6) is 0. The number of fused-ring (bicyclic) bond motifs is 1. The Balaban J connectivity index is 2.32. The lowest BCUT2D eigenvalue weighted by Crippen LogP contribution is -2.11. The average Bonchev–Trinajstić information content (AvgIpc) is 2.75. The van der Waals surface area contributed by atoms with Crippen LogP contribution in [0.3, 0.4) is 0 Å². The molecule has 0 bridgehead atoms. The molecule has 0 amide bonds. The van der Waals surface area contributed by atoms with Crippen LogP contribution < -0.4 is 5.73 Å². The van der Waals surface area contributed by atoms with Crippen LogP contribution in [0.5, 0.6) is 0 Å². The summed E-state index contributed by atoms with van der Waals surface area (Å²) in [5, 5.41) is 10.3. The first-order chi connectivity index (χ1) is 8.57. The van der Waals surface area contributed by atoms with E-state index in [-0.39, 0.29) is 5.41 Å². The molecule has 18 heavy (non-hydrogen) atoms. The van der Waals surface area contributed by atoms with E-state index in [9.17, 15) is 0 Å². The third kappa shape index (κ3) is 2.39. The fraction of sp³-hybridized carbons (Fsp3) is 0.400. The van der Waals surface area contributed by atoms with E-state index in [0.717, 1.165) is 13.0 Å². The maximum absolute atomic E-state index is 9.06. The Morgan fingerprint density at radius 3 is 2.72 bits per heavy atom. The second-order valence-electron chi connectivity index (χ2n) is 5.31. The molecule has 0 aliphatic carbocycles. The van der Waals surface area contributed by atoms with Crippen LogP contribution in [-0.4, -0.2) is 4.57 Å². The van der Waals surface area contributed by atoms with Crippen molar-refractivity contribution in [1.29, 1.82) is 5.26 Å². The fourth-order valence-corrected chi connectivity index (χ4v) is 2.13. The number of para-hydroxylation sites is 1. The van der Waals surface area contributed by atoms with E-state index >= 15 is 0 Å². The molecule has 0 spiro atoms. The Hall–Kier alpha value is -1.79.